The highest BCUT2D eigenvalue weighted by Gasteiger charge is 2.35. The van der Waals surface area contributed by atoms with Crippen molar-refractivity contribution in [2.75, 3.05) is 19.3 Å². The van der Waals surface area contributed by atoms with Gasteiger partial charge in [-0.25, -0.2) is 0 Å². The Hall–Kier alpha value is -1.49. The van der Waals surface area contributed by atoms with E-state index >= 15 is 0 Å². The number of nitrogens with zero attached hydrogens (tertiary/aromatic N) is 1. The van der Waals surface area contributed by atoms with Crippen LogP contribution in [0.1, 0.15) is 15.9 Å². The Labute approximate surface area is 110 Å². The maximum Gasteiger partial charge on any atom is 0.310 e. The first-order valence-electron chi connectivity index (χ1n) is 5.71. The van der Waals surface area contributed by atoms with Gasteiger partial charge in [0, 0.05) is 24.4 Å². The molecule has 1 aromatic rings. The Morgan fingerprint density at radius 1 is 1.33 bits per heavy atom. The van der Waals surface area contributed by atoms with Crippen LogP contribution in [0.15, 0.2) is 24.3 Å². The number of amides is 1. The van der Waals surface area contributed by atoms with E-state index in [1.807, 2.05) is 30.5 Å². The molecule has 1 aliphatic rings. The Morgan fingerprint density at radius 3 is 2.44 bits per heavy atom. The zero-order chi connectivity index (χ0) is 13.1. The monoisotopic (exact) mass is 265 g/mol. The van der Waals surface area contributed by atoms with Gasteiger partial charge in [0.05, 0.1) is 5.92 Å². The molecule has 18 heavy (non-hydrogen) atoms. The number of carbonyl (C=O) groups is 2. The fourth-order valence-electron chi connectivity index (χ4n) is 1.89. The number of hydrogen-bond donors (Lipinski definition) is 1. The minimum absolute atomic E-state index is 0.0804. The van der Waals surface area contributed by atoms with Crippen molar-refractivity contribution >= 4 is 23.6 Å². The molecule has 0 unspecified atom stereocenters. The molecule has 5 heteroatoms. The summed E-state index contributed by atoms with van der Waals surface area (Å²) < 4.78 is 0. The lowest BCUT2D eigenvalue weighted by Gasteiger charge is -2.36. The first-order valence-corrected chi connectivity index (χ1v) is 7.11. The quantitative estimate of drug-likeness (QED) is 0.900. The Bertz CT molecular complexity index is 452. The van der Waals surface area contributed by atoms with Gasteiger partial charge in [-0.2, -0.15) is 11.8 Å². The molecular weight excluding hydrogens is 250 g/mol. The van der Waals surface area contributed by atoms with Crippen molar-refractivity contribution in [2.45, 2.75) is 5.75 Å². The summed E-state index contributed by atoms with van der Waals surface area (Å²) in [5.41, 5.74) is 1.81. The predicted molar refractivity (Wildman–Crippen MR) is 70.7 cm³/mol. The molecule has 0 saturated carbocycles. The van der Waals surface area contributed by atoms with Gasteiger partial charge >= 0.3 is 5.97 Å². The lowest BCUT2D eigenvalue weighted by molar-refractivity contribution is -0.146. The van der Waals surface area contributed by atoms with Crippen LogP contribution < -0.4 is 0 Å². The number of carbonyl (C=O) groups excluding carboxylic acids is 1. The highest BCUT2D eigenvalue weighted by atomic mass is 32.2. The van der Waals surface area contributed by atoms with Gasteiger partial charge in [0.2, 0.25) is 0 Å². The third kappa shape index (κ3) is 2.67. The maximum atomic E-state index is 12.0. The van der Waals surface area contributed by atoms with Gasteiger partial charge in [-0.05, 0) is 24.0 Å². The second-order valence-electron chi connectivity index (χ2n) is 4.38. The minimum atomic E-state index is -0.825. The number of hydrogen-bond acceptors (Lipinski definition) is 3. The van der Waals surface area contributed by atoms with Crippen LogP contribution >= 0.6 is 11.8 Å². The number of aliphatic carboxylic acids is 1. The summed E-state index contributed by atoms with van der Waals surface area (Å²) in [6.07, 6.45) is 2.03. The van der Waals surface area contributed by atoms with E-state index in [4.69, 9.17) is 5.11 Å². The van der Waals surface area contributed by atoms with E-state index in [2.05, 4.69) is 0 Å². The Kier molecular flexibility index (Phi) is 3.91. The van der Waals surface area contributed by atoms with Crippen LogP contribution in [0.2, 0.25) is 0 Å². The van der Waals surface area contributed by atoms with Crippen molar-refractivity contribution in [3.05, 3.63) is 35.4 Å². The van der Waals surface area contributed by atoms with Crippen LogP contribution in [0.3, 0.4) is 0 Å². The molecule has 1 aliphatic heterocycles. The van der Waals surface area contributed by atoms with Crippen molar-refractivity contribution in [3.8, 4) is 0 Å². The van der Waals surface area contributed by atoms with Crippen LogP contribution in [0.5, 0.6) is 0 Å². The molecule has 0 aliphatic carbocycles. The molecule has 0 radical (unpaired) electrons. The molecule has 0 atom stereocenters. The fraction of sp³-hybridized carbons (Fsp3) is 0.385. The molecule has 0 bridgehead atoms. The molecule has 0 spiro atoms. The molecule has 1 fully saturated rings. The van der Waals surface area contributed by atoms with Crippen molar-refractivity contribution in [3.63, 3.8) is 0 Å². The van der Waals surface area contributed by atoms with E-state index in [0.717, 1.165) is 5.75 Å². The summed E-state index contributed by atoms with van der Waals surface area (Å²) >= 11 is 1.73. The van der Waals surface area contributed by atoms with Gasteiger partial charge in [-0.15, -0.1) is 0 Å². The van der Waals surface area contributed by atoms with Crippen molar-refractivity contribution < 1.29 is 14.7 Å². The van der Waals surface area contributed by atoms with E-state index in [1.165, 1.54) is 5.56 Å². The average molecular weight is 265 g/mol. The number of carboxylic acids is 1. The van der Waals surface area contributed by atoms with Crippen LogP contribution in [-0.2, 0) is 10.5 Å². The maximum absolute atomic E-state index is 12.0. The van der Waals surface area contributed by atoms with E-state index in [9.17, 15) is 9.59 Å². The molecule has 1 saturated heterocycles. The zero-order valence-electron chi connectivity index (χ0n) is 10.1. The summed E-state index contributed by atoms with van der Waals surface area (Å²) in [7, 11) is 0. The second kappa shape index (κ2) is 5.44. The number of carboxylic acid groups (broad SMARTS) is 1. The lowest BCUT2D eigenvalue weighted by Crippen LogP contribution is -2.53. The summed E-state index contributed by atoms with van der Waals surface area (Å²) in [6, 6.07) is 7.50. The third-order valence-corrected chi connectivity index (χ3v) is 3.65. The molecule has 1 heterocycles. The number of rotatable bonds is 4. The molecule has 1 N–H and O–H groups in total. The van der Waals surface area contributed by atoms with Crippen molar-refractivity contribution in [1.29, 1.82) is 0 Å². The average Bonchev–Trinajstić information content (AvgIpc) is 2.27. The zero-order valence-corrected chi connectivity index (χ0v) is 10.9. The predicted octanol–water partition coefficient (Wildman–Crippen LogP) is 1.71. The second-order valence-corrected chi connectivity index (χ2v) is 5.24. The topological polar surface area (TPSA) is 57.6 Å². The summed E-state index contributed by atoms with van der Waals surface area (Å²) in [4.78, 5) is 24.2. The SMILES string of the molecule is CSCc1ccc(C(=O)N2CC(C(=O)O)C2)cc1. The van der Waals surface area contributed by atoms with E-state index in [1.54, 1.807) is 16.7 Å². The van der Waals surface area contributed by atoms with Crippen molar-refractivity contribution in [2.24, 2.45) is 5.92 Å². The first-order chi connectivity index (χ1) is 8.61. The van der Waals surface area contributed by atoms with Gasteiger partial charge in [-0.1, -0.05) is 12.1 Å². The highest BCUT2D eigenvalue weighted by molar-refractivity contribution is 7.97. The number of thioether (sulfide) groups is 1. The van der Waals surface area contributed by atoms with Gasteiger partial charge in [0.25, 0.3) is 5.91 Å². The number of likely N-dealkylation sites (tertiary alicyclic amines) is 1. The molecule has 2 rings (SSSR count). The lowest BCUT2D eigenvalue weighted by atomic mass is 9.99. The van der Waals surface area contributed by atoms with Gasteiger partial charge in [0.15, 0.2) is 0 Å². The van der Waals surface area contributed by atoms with Crippen LogP contribution in [0, 0.1) is 5.92 Å². The molecule has 96 valence electrons. The van der Waals surface area contributed by atoms with Crippen LogP contribution in [-0.4, -0.2) is 41.2 Å². The van der Waals surface area contributed by atoms with Gasteiger partial charge < -0.3 is 10.0 Å². The highest BCUT2D eigenvalue weighted by Crippen LogP contribution is 2.19. The first kappa shape index (κ1) is 13.0. The van der Waals surface area contributed by atoms with Crippen molar-refractivity contribution in [1.82, 2.24) is 4.90 Å². The molecule has 1 amide bonds. The summed E-state index contributed by atoms with van der Waals surface area (Å²) in [6.45, 7) is 0.640. The Balaban J connectivity index is 1.96. The fourth-order valence-corrected chi connectivity index (χ4v) is 2.42. The third-order valence-electron chi connectivity index (χ3n) is 3.03. The summed E-state index contributed by atoms with van der Waals surface area (Å²) in [5, 5.41) is 8.76. The molecule has 0 aromatic heterocycles. The van der Waals surface area contributed by atoms with Gasteiger partial charge in [-0.3, -0.25) is 9.59 Å². The molecule has 4 nitrogen and oxygen atoms in total. The summed E-state index contributed by atoms with van der Waals surface area (Å²) in [5.74, 6) is -0.374. The number of benzene rings is 1. The van der Waals surface area contributed by atoms with E-state index in [0.29, 0.717) is 18.7 Å². The van der Waals surface area contributed by atoms with E-state index in [-0.39, 0.29) is 5.91 Å². The smallest absolute Gasteiger partial charge is 0.310 e. The molecule has 1 aromatic carbocycles. The van der Waals surface area contributed by atoms with Crippen LogP contribution in [0.25, 0.3) is 0 Å². The molecular formula is C13H15NO3S. The van der Waals surface area contributed by atoms with Crippen LogP contribution in [0.4, 0.5) is 0 Å². The Morgan fingerprint density at radius 2 is 1.94 bits per heavy atom. The largest absolute Gasteiger partial charge is 0.481 e. The standard InChI is InChI=1S/C13H15NO3S/c1-18-8-9-2-4-10(5-3-9)12(15)14-6-11(7-14)13(16)17/h2-5,11H,6-8H2,1H3,(H,16,17). The minimum Gasteiger partial charge on any atom is -0.481 e. The normalized spacial score (nSPS) is 15.3. The van der Waals surface area contributed by atoms with E-state index < -0.39 is 11.9 Å². The van der Waals surface area contributed by atoms with Gasteiger partial charge in [0.1, 0.15) is 0 Å².